The number of hydrogen-bond acceptors (Lipinski definition) is 3. The number of nitrogens with one attached hydrogen (secondary N) is 2. The molecule has 0 unspecified atom stereocenters. The Labute approximate surface area is 135 Å². The number of rotatable bonds is 8. The second-order valence-corrected chi connectivity index (χ2v) is 5.18. The molecule has 0 atom stereocenters. The molecule has 0 radical (unpaired) electrons. The normalized spacial score (nSPS) is 10.3. The van der Waals surface area contributed by atoms with Crippen molar-refractivity contribution in [1.29, 1.82) is 0 Å². The first-order chi connectivity index (χ1) is 11.2. The van der Waals surface area contributed by atoms with Crippen LogP contribution >= 0.6 is 0 Å². The van der Waals surface area contributed by atoms with Crippen LogP contribution in [0, 0.1) is 5.82 Å². The molecule has 0 saturated heterocycles. The number of halogens is 1. The van der Waals surface area contributed by atoms with Gasteiger partial charge in [-0.05, 0) is 35.4 Å². The van der Waals surface area contributed by atoms with Crippen LogP contribution in [0.25, 0.3) is 0 Å². The van der Waals surface area contributed by atoms with Crippen LogP contribution in [-0.2, 0) is 17.9 Å². The van der Waals surface area contributed by atoms with Gasteiger partial charge in [0.2, 0.25) is 5.91 Å². The molecule has 0 saturated carbocycles. The van der Waals surface area contributed by atoms with E-state index in [1.807, 2.05) is 24.3 Å². The molecule has 122 valence electrons. The van der Waals surface area contributed by atoms with Gasteiger partial charge in [0, 0.05) is 26.1 Å². The smallest absolute Gasteiger partial charge is 0.221 e. The van der Waals surface area contributed by atoms with E-state index in [0.29, 0.717) is 26.1 Å². The quantitative estimate of drug-likeness (QED) is 0.736. The molecular formula is C18H21FN2O2. The Kier molecular flexibility index (Phi) is 6.56. The molecule has 0 fully saturated rings. The second-order valence-electron chi connectivity index (χ2n) is 5.18. The van der Waals surface area contributed by atoms with Crippen molar-refractivity contribution < 1.29 is 13.9 Å². The Balaban J connectivity index is 1.62. The highest BCUT2D eigenvalue weighted by atomic mass is 19.1. The summed E-state index contributed by atoms with van der Waals surface area (Å²) in [4.78, 5) is 11.8. The summed E-state index contributed by atoms with van der Waals surface area (Å²) in [5.41, 5.74) is 2.02. The van der Waals surface area contributed by atoms with Crippen molar-refractivity contribution in [2.24, 2.45) is 0 Å². The summed E-state index contributed by atoms with van der Waals surface area (Å²) < 4.78 is 17.9. The number of amides is 1. The molecule has 0 bridgehead atoms. The van der Waals surface area contributed by atoms with Crippen LogP contribution in [0.2, 0.25) is 0 Å². The van der Waals surface area contributed by atoms with Crippen molar-refractivity contribution in [2.75, 3.05) is 13.7 Å². The van der Waals surface area contributed by atoms with Crippen LogP contribution in [0.5, 0.6) is 5.75 Å². The Morgan fingerprint density at radius 1 is 1.00 bits per heavy atom. The first kappa shape index (κ1) is 17.0. The van der Waals surface area contributed by atoms with Crippen molar-refractivity contribution in [3.8, 4) is 5.75 Å². The lowest BCUT2D eigenvalue weighted by molar-refractivity contribution is -0.121. The third-order valence-corrected chi connectivity index (χ3v) is 3.42. The summed E-state index contributed by atoms with van der Waals surface area (Å²) in [6, 6.07) is 13.9. The third kappa shape index (κ3) is 6.08. The maximum Gasteiger partial charge on any atom is 0.221 e. The molecule has 4 nitrogen and oxygen atoms in total. The summed E-state index contributed by atoms with van der Waals surface area (Å²) in [7, 11) is 1.62. The van der Waals surface area contributed by atoms with E-state index in [1.54, 1.807) is 19.2 Å². The van der Waals surface area contributed by atoms with Crippen molar-refractivity contribution in [2.45, 2.75) is 19.5 Å². The van der Waals surface area contributed by atoms with E-state index in [0.717, 1.165) is 16.9 Å². The molecule has 2 aromatic rings. The van der Waals surface area contributed by atoms with Crippen LogP contribution < -0.4 is 15.4 Å². The van der Waals surface area contributed by atoms with Crippen molar-refractivity contribution in [3.63, 3.8) is 0 Å². The first-order valence-corrected chi connectivity index (χ1v) is 7.52. The van der Waals surface area contributed by atoms with Crippen LogP contribution in [0.3, 0.4) is 0 Å². The van der Waals surface area contributed by atoms with Crippen molar-refractivity contribution in [3.05, 3.63) is 65.5 Å². The second kappa shape index (κ2) is 8.90. The minimum absolute atomic E-state index is 0.00701. The molecule has 0 heterocycles. The zero-order valence-electron chi connectivity index (χ0n) is 13.1. The fourth-order valence-corrected chi connectivity index (χ4v) is 2.07. The van der Waals surface area contributed by atoms with Gasteiger partial charge in [0.1, 0.15) is 11.6 Å². The predicted molar refractivity (Wildman–Crippen MR) is 87.6 cm³/mol. The minimum atomic E-state index is -0.244. The van der Waals surface area contributed by atoms with Gasteiger partial charge in [-0.1, -0.05) is 24.3 Å². The molecule has 23 heavy (non-hydrogen) atoms. The summed E-state index contributed by atoms with van der Waals surface area (Å²) in [6.45, 7) is 1.69. The summed E-state index contributed by atoms with van der Waals surface area (Å²) in [6.07, 6.45) is 0.400. The number of carbonyl (C=O) groups excluding carboxylic acids is 1. The molecule has 1 amide bonds. The minimum Gasteiger partial charge on any atom is -0.497 e. The molecule has 2 N–H and O–H groups in total. The Morgan fingerprint density at radius 3 is 2.26 bits per heavy atom. The van der Waals surface area contributed by atoms with Gasteiger partial charge < -0.3 is 15.4 Å². The zero-order valence-corrected chi connectivity index (χ0v) is 13.1. The lowest BCUT2D eigenvalue weighted by atomic mass is 10.2. The van der Waals surface area contributed by atoms with Crippen LogP contribution in [0.4, 0.5) is 4.39 Å². The summed E-state index contributed by atoms with van der Waals surface area (Å²) >= 11 is 0. The van der Waals surface area contributed by atoms with Gasteiger partial charge in [0.25, 0.3) is 0 Å². The first-order valence-electron chi connectivity index (χ1n) is 7.52. The van der Waals surface area contributed by atoms with Gasteiger partial charge in [-0.3, -0.25) is 4.79 Å². The van der Waals surface area contributed by atoms with Crippen LogP contribution in [-0.4, -0.2) is 19.6 Å². The lowest BCUT2D eigenvalue weighted by Crippen LogP contribution is -2.27. The monoisotopic (exact) mass is 316 g/mol. The maximum absolute atomic E-state index is 12.8. The fraction of sp³-hybridized carbons (Fsp3) is 0.278. The van der Waals surface area contributed by atoms with E-state index >= 15 is 0 Å². The molecule has 2 rings (SSSR count). The van der Waals surface area contributed by atoms with Gasteiger partial charge in [-0.25, -0.2) is 4.39 Å². The standard InChI is InChI=1S/C18H21FN2O2/c1-23-17-8-4-15(5-9-17)13-21-18(22)10-11-20-12-14-2-6-16(19)7-3-14/h2-9,20H,10-13H2,1H3,(H,21,22). The van der Waals surface area contributed by atoms with Gasteiger partial charge in [0.05, 0.1) is 7.11 Å². The van der Waals surface area contributed by atoms with Crippen LogP contribution in [0.15, 0.2) is 48.5 Å². The number of benzene rings is 2. The van der Waals surface area contributed by atoms with E-state index in [9.17, 15) is 9.18 Å². The van der Waals surface area contributed by atoms with Gasteiger partial charge in [-0.15, -0.1) is 0 Å². The van der Waals surface area contributed by atoms with E-state index < -0.39 is 0 Å². The number of ether oxygens (including phenoxy) is 1. The van der Waals surface area contributed by atoms with E-state index in [2.05, 4.69) is 10.6 Å². The van der Waals surface area contributed by atoms with E-state index in [4.69, 9.17) is 4.74 Å². The molecule has 0 spiro atoms. The molecule has 0 aliphatic rings. The van der Waals surface area contributed by atoms with Crippen molar-refractivity contribution >= 4 is 5.91 Å². The summed E-state index contributed by atoms with van der Waals surface area (Å²) in [5, 5.41) is 6.04. The average molecular weight is 316 g/mol. The van der Waals surface area contributed by atoms with Crippen LogP contribution in [0.1, 0.15) is 17.5 Å². The largest absolute Gasteiger partial charge is 0.497 e. The van der Waals surface area contributed by atoms with Gasteiger partial charge in [0.15, 0.2) is 0 Å². The summed E-state index contributed by atoms with van der Waals surface area (Å²) in [5.74, 6) is 0.546. The highest BCUT2D eigenvalue weighted by Gasteiger charge is 2.02. The number of methoxy groups -OCH3 is 1. The highest BCUT2D eigenvalue weighted by Crippen LogP contribution is 2.10. The zero-order chi connectivity index (χ0) is 16.5. The lowest BCUT2D eigenvalue weighted by Gasteiger charge is -2.07. The third-order valence-electron chi connectivity index (χ3n) is 3.42. The molecule has 0 aliphatic carbocycles. The number of carbonyl (C=O) groups is 1. The average Bonchev–Trinajstić information content (AvgIpc) is 2.59. The Morgan fingerprint density at radius 2 is 1.61 bits per heavy atom. The highest BCUT2D eigenvalue weighted by molar-refractivity contribution is 5.76. The molecule has 0 aromatic heterocycles. The molecule has 0 aliphatic heterocycles. The van der Waals surface area contributed by atoms with E-state index in [1.165, 1.54) is 12.1 Å². The Bertz CT molecular complexity index is 612. The van der Waals surface area contributed by atoms with Gasteiger partial charge in [-0.2, -0.15) is 0 Å². The topological polar surface area (TPSA) is 50.4 Å². The van der Waals surface area contributed by atoms with E-state index in [-0.39, 0.29) is 11.7 Å². The molecular weight excluding hydrogens is 295 g/mol. The SMILES string of the molecule is COc1ccc(CNC(=O)CCNCc2ccc(F)cc2)cc1. The maximum atomic E-state index is 12.8. The predicted octanol–water partition coefficient (Wildman–Crippen LogP) is 2.63. The molecule has 5 heteroatoms. The number of hydrogen-bond donors (Lipinski definition) is 2. The van der Waals surface area contributed by atoms with Crippen molar-refractivity contribution in [1.82, 2.24) is 10.6 Å². The fourth-order valence-electron chi connectivity index (χ4n) is 2.07. The molecule has 2 aromatic carbocycles. The Hall–Kier alpha value is -2.40. The van der Waals surface area contributed by atoms with Gasteiger partial charge >= 0.3 is 0 Å².